The maximum atomic E-state index is 6.19. The summed E-state index contributed by atoms with van der Waals surface area (Å²) in [6.07, 6.45) is 0. The molecule has 114 valence electrons. The Hall–Kier alpha value is -2.57. The number of rotatable bonds is 2. The number of nitrogens with two attached hydrogens (primary N) is 1. The van der Waals surface area contributed by atoms with Gasteiger partial charge in [0, 0.05) is 21.5 Å². The first-order chi connectivity index (χ1) is 11.1. The average Bonchev–Trinajstić information content (AvgIpc) is 3.09. The van der Waals surface area contributed by atoms with E-state index in [1.807, 2.05) is 48.5 Å². The topological polar surface area (TPSA) is 75.4 Å². The lowest BCUT2D eigenvalue weighted by molar-refractivity contribution is 0.980. The van der Waals surface area contributed by atoms with Gasteiger partial charge < -0.3 is 10.8 Å². The van der Waals surface area contributed by atoms with E-state index in [4.69, 9.17) is 29.7 Å². The number of hydrogen-bond donors (Lipinski definition) is 3. The number of nitrogen functional groups attached to an aromatic ring is 1. The first kappa shape index (κ1) is 14.0. The van der Waals surface area contributed by atoms with Gasteiger partial charge in [0.15, 0.2) is 5.82 Å². The highest BCUT2D eigenvalue weighted by molar-refractivity contribution is 7.71. The molecule has 0 saturated carbocycles. The first-order valence-electron chi connectivity index (χ1n) is 6.94. The molecule has 2 heterocycles. The summed E-state index contributed by atoms with van der Waals surface area (Å²) in [5.74, 6) is 6.55. The second-order valence-corrected chi connectivity index (χ2v) is 5.98. The molecule has 2 aromatic heterocycles. The highest BCUT2D eigenvalue weighted by Crippen LogP contribution is 2.38. The molecule has 7 heteroatoms. The van der Waals surface area contributed by atoms with Crippen LogP contribution in [-0.2, 0) is 0 Å². The normalized spacial score (nSPS) is 11.2. The fraction of sp³-hybridized carbons (Fsp3) is 0. The number of H-pyrrole nitrogens is 2. The van der Waals surface area contributed by atoms with E-state index in [2.05, 4.69) is 15.2 Å². The summed E-state index contributed by atoms with van der Waals surface area (Å²) in [5, 5.41) is 8.64. The van der Waals surface area contributed by atoms with Crippen molar-refractivity contribution in [1.29, 1.82) is 0 Å². The first-order valence-corrected chi connectivity index (χ1v) is 7.73. The number of aromatic nitrogens is 4. The van der Waals surface area contributed by atoms with E-state index >= 15 is 0 Å². The van der Waals surface area contributed by atoms with Crippen molar-refractivity contribution < 1.29 is 0 Å². The molecular formula is C16H12ClN5S. The summed E-state index contributed by atoms with van der Waals surface area (Å²) in [7, 11) is 0. The molecule has 0 aliphatic rings. The average molecular weight is 342 g/mol. The van der Waals surface area contributed by atoms with Crippen LogP contribution in [0.25, 0.3) is 33.5 Å². The molecule has 0 bridgehead atoms. The molecule has 0 fully saturated rings. The minimum absolute atomic E-state index is 0.357. The summed E-state index contributed by atoms with van der Waals surface area (Å²) in [6, 6.07) is 15.7. The van der Waals surface area contributed by atoms with Crippen molar-refractivity contribution >= 4 is 34.7 Å². The van der Waals surface area contributed by atoms with Crippen LogP contribution < -0.4 is 5.84 Å². The standard InChI is InChI=1S/C16H12ClN5S/c17-10-6-7-12-11(8-10)13(9-4-2-1-3-5-9)14(19-12)15-20-21-16(23)22(15)18/h1-8,19H,18H2,(H,21,23). The van der Waals surface area contributed by atoms with E-state index in [0.29, 0.717) is 15.6 Å². The van der Waals surface area contributed by atoms with E-state index in [9.17, 15) is 0 Å². The SMILES string of the molecule is Nn1c(-c2[nH]c3ccc(Cl)cc3c2-c2ccccc2)n[nH]c1=S. The largest absolute Gasteiger partial charge is 0.351 e. The van der Waals surface area contributed by atoms with Crippen LogP contribution in [-0.4, -0.2) is 19.9 Å². The summed E-state index contributed by atoms with van der Waals surface area (Å²) in [6.45, 7) is 0. The smallest absolute Gasteiger partial charge is 0.214 e. The van der Waals surface area contributed by atoms with Gasteiger partial charge in [-0.3, -0.25) is 0 Å². The summed E-state index contributed by atoms with van der Waals surface area (Å²) in [4.78, 5) is 3.37. The van der Waals surface area contributed by atoms with Gasteiger partial charge in [0.05, 0.1) is 5.69 Å². The van der Waals surface area contributed by atoms with Gasteiger partial charge in [-0.05, 0) is 36.0 Å². The van der Waals surface area contributed by atoms with Crippen molar-refractivity contribution in [3.05, 3.63) is 58.3 Å². The van der Waals surface area contributed by atoms with E-state index in [1.165, 1.54) is 4.68 Å². The van der Waals surface area contributed by atoms with Crippen molar-refractivity contribution in [1.82, 2.24) is 19.9 Å². The Balaban J connectivity index is 2.12. The van der Waals surface area contributed by atoms with Crippen LogP contribution >= 0.6 is 23.8 Å². The number of nitrogens with zero attached hydrogens (tertiary/aromatic N) is 2. The van der Waals surface area contributed by atoms with E-state index in [1.54, 1.807) is 0 Å². The molecule has 0 atom stereocenters. The van der Waals surface area contributed by atoms with Gasteiger partial charge in [-0.15, -0.1) is 0 Å². The Morgan fingerprint density at radius 3 is 2.61 bits per heavy atom. The molecule has 0 spiro atoms. The molecule has 4 rings (SSSR count). The van der Waals surface area contributed by atoms with Gasteiger partial charge in [-0.1, -0.05) is 41.9 Å². The maximum absolute atomic E-state index is 6.19. The lowest BCUT2D eigenvalue weighted by Crippen LogP contribution is -2.10. The fourth-order valence-corrected chi connectivity index (χ4v) is 3.02. The highest BCUT2D eigenvalue weighted by Gasteiger charge is 2.19. The van der Waals surface area contributed by atoms with Crippen molar-refractivity contribution in [3.63, 3.8) is 0 Å². The Morgan fingerprint density at radius 2 is 1.91 bits per heavy atom. The Bertz CT molecular complexity index is 1060. The van der Waals surface area contributed by atoms with Gasteiger partial charge in [-0.25, -0.2) is 9.77 Å². The minimum atomic E-state index is 0.357. The maximum Gasteiger partial charge on any atom is 0.214 e. The van der Waals surface area contributed by atoms with Gasteiger partial charge in [-0.2, -0.15) is 5.10 Å². The predicted molar refractivity (Wildman–Crippen MR) is 95.3 cm³/mol. The van der Waals surface area contributed by atoms with Crippen LogP contribution in [0.15, 0.2) is 48.5 Å². The molecule has 4 aromatic rings. The molecule has 0 aliphatic carbocycles. The van der Waals surface area contributed by atoms with Crippen molar-refractivity contribution in [2.75, 3.05) is 5.84 Å². The molecule has 0 aliphatic heterocycles. The fourth-order valence-electron chi connectivity index (χ4n) is 2.72. The molecule has 2 aromatic carbocycles. The third-order valence-corrected chi connectivity index (χ3v) is 4.27. The third-order valence-electron chi connectivity index (χ3n) is 3.75. The van der Waals surface area contributed by atoms with Gasteiger partial charge in [0.1, 0.15) is 0 Å². The van der Waals surface area contributed by atoms with Crippen LogP contribution in [0.5, 0.6) is 0 Å². The lowest BCUT2D eigenvalue weighted by atomic mass is 10.0. The molecule has 23 heavy (non-hydrogen) atoms. The second-order valence-electron chi connectivity index (χ2n) is 5.15. The Kier molecular flexibility index (Phi) is 3.21. The van der Waals surface area contributed by atoms with Gasteiger partial charge in [0.2, 0.25) is 4.77 Å². The monoisotopic (exact) mass is 341 g/mol. The number of benzene rings is 2. The van der Waals surface area contributed by atoms with Crippen LogP contribution in [0.3, 0.4) is 0 Å². The van der Waals surface area contributed by atoms with Gasteiger partial charge in [0.25, 0.3) is 0 Å². The van der Waals surface area contributed by atoms with Crippen LogP contribution in [0.4, 0.5) is 0 Å². The molecule has 4 N–H and O–H groups in total. The number of hydrogen-bond acceptors (Lipinski definition) is 3. The molecule has 0 amide bonds. The van der Waals surface area contributed by atoms with E-state index < -0.39 is 0 Å². The third kappa shape index (κ3) is 2.23. The number of aromatic amines is 2. The van der Waals surface area contributed by atoms with Gasteiger partial charge >= 0.3 is 0 Å². The molecule has 0 saturated heterocycles. The van der Waals surface area contributed by atoms with Crippen LogP contribution in [0.1, 0.15) is 0 Å². The van der Waals surface area contributed by atoms with Crippen LogP contribution in [0, 0.1) is 4.77 Å². The summed E-state index contributed by atoms with van der Waals surface area (Å²) < 4.78 is 1.71. The van der Waals surface area contributed by atoms with E-state index in [0.717, 1.165) is 27.7 Å². The highest BCUT2D eigenvalue weighted by atomic mass is 35.5. The number of fused-ring (bicyclic) bond motifs is 1. The van der Waals surface area contributed by atoms with Crippen molar-refractivity contribution in [3.8, 4) is 22.6 Å². The Labute approximate surface area is 141 Å². The zero-order valence-electron chi connectivity index (χ0n) is 11.9. The molecule has 5 nitrogen and oxygen atoms in total. The molecule has 0 unspecified atom stereocenters. The predicted octanol–water partition coefficient (Wildman–Crippen LogP) is 4.12. The summed E-state index contributed by atoms with van der Waals surface area (Å²) in [5.41, 5.74) is 3.79. The number of halogens is 1. The summed E-state index contributed by atoms with van der Waals surface area (Å²) >= 11 is 11.3. The molecule has 0 radical (unpaired) electrons. The quantitative estimate of drug-likeness (QED) is 0.379. The minimum Gasteiger partial charge on any atom is -0.351 e. The zero-order valence-corrected chi connectivity index (χ0v) is 13.4. The van der Waals surface area contributed by atoms with Crippen molar-refractivity contribution in [2.24, 2.45) is 0 Å². The number of nitrogens with one attached hydrogen (secondary N) is 2. The lowest BCUT2D eigenvalue weighted by Gasteiger charge is -2.05. The van der Waals surface area contributed by atoms with Crippen molar-refractivity contribution in [2.45, 2.75) is 0 Å². The second kappa shape index (κ2) is 5.26. The van der Waals surface area contributed by atoms with Crippen LogP contribution in [0.2, 0.25) is 5.02 Å². The zero-order chi connectivity index (χ0) is 16.0. The Morgan fingerprint density at radius 1 is 1.13 bits per heavy atom. The van der Waals surface area contributed by atoms with E-state index in [-0.39, 0.29) is 0 Å². The molecular weight excluding hydrogens is 330 g/mol.